The molecule has 1 aromatic carbocycles. The summed E-state index contributed by atoms with van der Waals surface area (Å²) < 4.78 is 3.32. The topological polar surface area (TPSA) is 39.8 Å². The van der Waals surface area contributed by atoms with Crippen molar-refractivity contribution in [1.29, 1.82) is 0 Å². The van der Waals surface area contributed by atoms with E-state index in [4.69, 9.17) is 0 Å². The molecule has 4 nitrogen and oxygen atoms in total. The Kier molecular flexibility index (Phi) is 2.97. The van der Waals surface area contributed by atoms with Gasteiger partial charge in [-0.25, -0.2) is 14.3 Å². The fraction of sp³-hybridized carbons (Fsp3) is 0.294. The van der Waals surface area contributed by atoms with Crippen molar-refractivity contribution in [3.8, 4) is 5.82 Å². The summed E-state index contributed by atoms with van der Waals surface area (Å²) in [4.78, 5) is 16.9. The Morgan fingerprint density at radius 3 is 2.38 bits per heavy atom. The number of hydrogen-bond donors (Lipinski definition) is 0. The molecule has 3 aromatic rings. The number of pyridine rings is 1. The number of rotatable bonds is 1. The summed E-state index contributed by atoms with van der Waals surface area (Å²) >= 11 is 0. The highest BCUT2D eigenvalue weighted by atomic mass is 16.1. The first-order valence-electron chi connectivity index (χ1n) is 7.03. The first-order valence-corrected chi connectivity index (χ1v) is 7.03. The lowest BCUT2D eigenvalue weighted by Gasteiger charge is -2.19. The molecule has 0 aliphatic rings. The normalized spacial score (nSPS) is 12.0. The average Bonchev–Trinajstić information content (AvgIpc) is 2.71. The molecule has 0 bridgehead atoms. The maximum atomic E-state index is 12.5. The third kappa shape index (κ3) is 2.17. The lowest BCUT2D eigenvalue weighted by Crippen LogP contribution is -2.22. The van der Waals surface area contributed by atoms with Gasteiger partial charge < -0.3 is 0 Å². The first-order chi connectivity index (χ1) is 9.89. The fourth-order valence-electron chi connectivity index (χ4n) is 2.52. The van der Waals surface area contributed by atoms with Crippen LogP contribution in [0.25, 0.3) is 16.9 Å². The molecule has 0 aliphatic carbocycles. The number of aryl methyl sites for hydroxylation is 1. The zero-order chi connectivity index (χ0) is 15.2. The van der Waals surface area contributed by atoms with Crippen molar-refractivity contribution in [2.75, 3.05) is 0 Å². The van der Waals surface area contributed by atoms with Gasteiger partial charge in [-0.05, 0) is 35.2 Å². The van der Waals surface area contributed by atoms with Crippen molar-refractivity contribution < 1.29 is 0 Å². The minimum absolute atomic E-state index is 0.0197. The first kappa shape index (κ1) is 13.6. The van der Waals surface area contributed by atoms with Crippen LogP contribution >= 0.6 is 0 Å². The Bertz CT molecular complexity index is 866. The van der Waals surface area contributed by atoms with Gasteiger partial charge in [-0.3, -0.25) is 4.57 Å². The quantitative estimate of drug-likeness (QED) is 0.688. The van der Waals surface area contributed by atoms with E-state index in [0.29, 0.717) is 5.82 Å². The summed E-state index contributed by atoms with van der Waals surface area (Å²) in [6, 6.07) is 11.8. The van der Waals surface area contributed by atoms with Gasteiger partial charge in [0.25, 0.3) is 0 Å². The zero-order valence-electron chi connectivity index (χ0n) is 12.8. The standard InChI is InChI=1S/C17H19N3O/c1-17(2,3)12-9-10-18-15(11-12)20-14-8-6-5-7-13(14)19(4)16(20)21/h5-11H,1-4H3. The van der Waals surface area contributed by atoms with Gasteiger partial charge in [0.05, 0.1) is 11.0 Å². The molecule has 4 heteroatoms. The van der Waals surface area contributed by atoms with Crippen LogP contribution in [0.4, 0.5) is 0 Å². The molecular formula is C17H19N3O. The molecule has 108 valence electrons. The largest absolute Gasteiger partial charge is 0.334 e. The molecule has 0 radical (unpaired) electrons. The van der Waals surface area contributed by atoms with Crippen LogP contribution < -0.4 is 5.69 Å². The number of imidazole rings is 1. The van der Waals surface area contributed by atoms with Gasteiger partial charge in [0, 0.05) is 13.2 Å². The van der Waals surface area contributed by atoms with Crippen LogP contribution in [0.1, 0.15) is 26.3 Å². The number of benzene rings is 1. The number of para-hydroxylation sites is 2. The molecule has 21 heavy (non-hydrogen) atoms. The van der Waals surface area contributed by atoms with Crippen LogP contribution in [-0.2, 0) is 12.5 Å². The van der Waals surface area contributed by atoms with E-state index in [1.165, 1.54) is 0 Å². The van der Waals surface area contributed by atoms with Crippen LogP contribution in [-0.4, -0.2) is 14.1 Å². The van der Waals surface area contributed by atoms with Crippen molar-refractivity contribution in [1.82, 2.24) is 14.1 Å². The van der Waals surface area contributed by atoms with E-state index in [-0.39, 0.29) is 11.1 Å². The monoisotopic (exact) mass is 281 g/mol. The van der Waals surface area contributed by atoms with E-state index in [0.717, 1.165) is 16.6 Å². The summed E-state index contributed by atoms with van der Waals surface area (Å²) in [7, 11) is 1.79. The van der Waals surface area contributed by atoms with Gasteiger partial charge in [0.2, 0.25) is 0 Å². The van der Waals surface area contributed by atoms with Gasteiger partial charge in [-0.1, -0.05) is 32.9 Å². The predicted octanol–water partition coefficient (Wildman–Crippen LogP) is 3.02. The van der Waals surface area contributed by atoms with Crippen molar-refractivity contribution in [3.63, 3.8) is 0 Å². The minimum atomic E-state index is -0.0743. The van der Waals surface area contributed by atoms with Crippen LogP contribution in [0.3, 0.4) is 0 Å². The molecule has 0 atom stereocenters. The summed E-state index contributed by atoms with van der Waals surface area (Å²) in [6.07, 6.45) is 1.77. The number of aromatic nitrogens is 3. The Morgan fingerprint density at radius 2 is 1.71 bits per heavy atom. The average molecular weight is 281 g/mol. The molecule has 3 rings (SSSR count). The van der Waals surface area contributed by atoms with Crippen LogP contribution in [0.2, 0.25) is 0 Å². The number of fused-ring (bicyclic) bond motifs is 1. The zero-order valence-corrected chi connectivity index (χ0v) is 12.8. The summed E-state index contributed by atoms with van der Waals surface area (Å²) in [5.74, 6) is 0.671. The van der Waals surface area contributed by atoms with Crippen molar-refractivity contribution in [3.05, 3.63) is 58.6 Å². The molecular weight excluding hydrogens is 262 g/mol. The van der Waals surface area contributed by atoms with E-state index < -0.39 is 0 Å². The second-order valence-electron chi connectivity index (χ2n) is 6.32. The van der Waals surface area contributed by atoms with E-state index in [1.807, 2.05) is 36.4 Å². The molecule has 0 saturated carbocycles. The molecule has 0 N–H and O–H groups in total. The van der Waals surface area contributed by atoms with Crippen LogP contribution in [0.5, 0.6) is 0 Å². The highest BCUT2D eigenvalue weighted by molar-refractivity contribution is 5.77. The third-order valence-electron chi connectivity index (χ3n) is 3.80. The maximum absolute atomic E-state index is 12.5. The summed E-state index contributed by atoms with van der Waals surface area (Å²) in [6.45, 7) is 6.45. The van der Waals surface area contributed by atoms with E-state index in [2.05, 4.69) is 25.8 Å². The molecule has 0 aliphatic heterocycles. The van der Waals surface area contributed by atoms with Gasteiger partial charge in [0.15, 0.2) is 0 Å². The molecule has 0 spiro atoms. The van der Waals surface area contributed by atoms with Crippen LogP contribution in [0.15, 0.2) is 47.4 Å². The molecule has 2 heterocycles. The van der Waals surface area contributed by atoms with Crippen molar-refractivity contribution >= 4 is 11.0 Å². The Labute approximate surface area is 123 Å². The van der Waals surface area contributed by atoms with Crippen molar-refractivity contribution in [2.24, 2.45) is 7.05 Å². The second-order valence-corrected chi connectivity index (χ2v) is 6.32. The fourth-order valence-corrected chi connectivity index (χ4v) is 2.52. The van der Waals surface area contributed by atoms with E-state index in [9.17, 15) is 4.79 Å². The number of hydrogen-bond acceptors (Lipinski definition) is 2. The van der Waals surface area contributed by atoms with E-state index in [1.54, 1.807) is 22.4 Å². The lowest BCUT2D eigenvalue weighted by molar-refractivity contribution is 0.588. The molecule has 0 fully saturated rings. The predicted molar refractivity (Wildman–Crippen MR) is 85.0 cm³/mol. The minimum Gasteiger partial charge on any atom is -0.295 e. The molecule has 2 aromatic heterocycles. The second kappa shape index (κ2) is 4.58. The SMILES string of the molecule is Cn1c(=O)n(-c2cc(C(C)(C)C)ccn2)c2ccccc21. The lowest BCUT2D eigenvalue weighted by atomic mass is 9.88. The Balaban J connectivity index is 2.32. The molecule has 0 unspecified atom stereocenters. The molecule has 0 amide bonds. The maximum Gasteiger partial charge on any atom is 0.334 e. The Morgan fingerprint density at radius 1 is 1.05 bits per heavy atom. The summed E-state index contributed by atoms with van der Waals surface area (Å²) in [5.41, 5.74) is 2.89. The van der Waals surface area contributed by atoms with Gasteiger partial charge in [-0.15, -0.1) is 0 Å². The smallest absolute Gasteiger partial charge is 0.295 e. The van der Waals surface area contributed by atoms with Crippen molar-refractivity contribution in [2.45, 2.75) is 26.2 Å². The van der Waals surface area contributed by atoms with Gasteiger partial charge in [-0.2, -0.15) is 0 Å². The highest BCUT2D eigenvalue weighted by Crippen LogP contribution is 2.24. The highest BCUT2D eigenvalue weighted by Gasteiger charge is 2.17. The number of nitrogens with zero attached hydrogens (tertiary/aromatic N) is 3. The summed E-state index contributed by atoms with van der Waals surface area (Å²) in [5, 5.41) is 0. The van der Waals surface area contributed by atoms with Gasteiger partial charge >= 0.3 is 5.69 Å². The van der Waals surface area contributed by atoms with Crippen LogP contribution in [0, 0.1) is 0 Å². The van der Waals surface area contributed by atoms with Gasteiger partial charge in [0.1, 0.15) is 5.82 Å². The molecule has 0 saturated heterocycles. The Hall–Kier alpha value is -2.36. The van der Waals surface area contributed by atoms with E-state index >= 15 is 0 Å². The third-order valence-corrected chi connectivity index (χ3v) is 3.80.